The van der Waals surface area contributed by atoms with E-state index in [-0.39, 0.29) is 23.6 Å². The fraction of sp³-hybridized carbons (Fsp3) is 0.120. The molecule has 188 valence electrons. The van der Waals surface area contributed by atoms with E-state index < -0.39 is 27.7 Å². The van der Waals surface area contributed by atoms with Gasteiger partial charge in [-0.05, 0) is 99.3 Å². The van der Waals surface area contributed by atoms with Gasteiger partial charge in [-0.15, -0.1) is 0 Å². The molecule has 0 bridgehead atoms. The van der Waals surface area contributed by atoms with E-state index in [1.165, 1.54) is 18.2 Å². The van der Waals surface area contributed by atoms with Crippen LogP contribution in [0.1, 0.15) is 15.9 Å². The summed E-state index contributed by atoms with van der Waals surface area (Å²) in [5.41, 5.74) is 1.14. The zero-order chi connectivity index (χ0) is 26.3. The predicted octanol–water partition coefficient (Wildman–Crippen LogP) is 4.81. The second-order valence-electron chi connectivity index (χ2n) is 7.62. The van der Waals surface area contributed by atoms with Crippen molar-refractivity contribution < 1.29 is 23.1 Å². The lowest BCUT2D eigenvalue weighted by Crippen LogP contribution is -2.48. The average Bonchev–Trinajstić information content (AvgIpc) is 2.85. The van der Waals surface area contributed by atoms with Gasteiger partial charge in [0.1, 0.15) is 11.8 Å². The Balaban J connectivity index is 1.74. The van der Waals surface area contributed by atoms with Crippen LogP contribution in [0.2, 0.25) is 0 Å². The van der Waals surface area contributed by atoms with Crippen molar-refractivity contribution in [2.24, 2.45) is 0 Å². The van der Waals surface area contributed by atoms with E-state index in [1.807, 2.05) is 45.2 Å². The van der Waals surface area contributed by atoms with Gasteiger partial charge in [-0.1, -0.05) is 40.2 Å². The van der Waals surface area contributed by atoms with Crippen molar-refractivity contribution in [3.05, 3.63) is 101 Å². The molecule has 3 aromatic rings. The number of halogens is 3. The zero-order valence-corrected chi connectivity index (χ0v) is 25.3. The van der Waals surface area contributed by atoms with Gasteiger partial charge in [0.25, 0.3) is 5.91 Å². The lowest BCUT2D eigenvalue weighted by Gasteiger charge is -2.19. The van der Waals surface area contributed by atoms with E-state index in [1.54, 1.807) is 54.6 Å². The molecule has 3 aromatic carbocycles. The molecule has 0 unspecified atom stereocenters. The van der Waals surface area contributed by atoms with Crippen molar-refractivity contribution in [1.82, 2.24) is 10.6 Å². The van der Waals surface area contributed by atoms with Gasteiger partial charge >= 0.3 is 0 Å². The quantitative estimate of drug-likeness (QED) is 0.270. The van der Waals surface area contributed by atoms with Gasteiger partial charge < -0.3 is 15.7 Å². The van der Waals surface area contributed by atoms with Gasteiger partial charge in [-0.3, -0.25) is 9.59 Å². The maximum Gasteiger partial charge on any atom is 0.251 e. The summed E-state index contributed by atoms with van der Waals surface area (Å²) in [7, 11) is -3.63. The molecule has 7 nitrogen and oxygen atoms in total. The molecule has 0 saturated carbocycles. The Morgan fingerprint density at radius 3 is 2.22 bits per heavy atom. The van der Waals surface area contributed by atoms with E-state index >= 15 is 0 Å². The summed E-state index contributed by atoms with van der Waals surface area (Å²) in [6, 6.07) is 17.3. The van der Waals surface area contributed by atoms with Crippen molar-refractivity contribution in [2.75, 3.05) is 6.54 Å². The molecule has 11 heteroatoms. The van der Waals surface area contributed by atoms with Crippen LogP contribution in [0.15, 0.2) is 87.6 Å². The predicted molar refractivity (Wildman–Crippen MR) is 158 cm³/mol. The van der Waals surface area contributed by atoms with Crippen LogP contribution in [0.25, 0.3) is 0 Å². The maximum atomic E-state index is 13.0. The minimum absolute atomic E-state index is 0.0415. The van der Waals surface area contributed by atoms with E-state index in [0.29, 0.717) is 12.7 Å². The van der Waals surface area contributed by atoms with Gasteiger partial charge in [0, 0.05) is 28.4 Å². The van der Waals surface area contributed by atoms with Crippen LogP contribution >= 0.6 is 61.1 Å². The van der Waals surface area contributed by atoms with Gasteiger partial charge in [0.15, 0.2) is 9.84 Å². The molecule has 0 radical (unpaired) electrons. The summed E-state index contributed by atoms with van der Waals surface area (Å²) in [5, 5.41) is 16.5. The molecule has 0 aliphatic heterocycles. The van der Waals surface area contributed by atoms with Crippen LogP contribution in [-0.2, 0) is 21.1 Å². The topological polar surface area (TPSA) is 113 Å². The maximum absolute atomic E-state index is 13.0. The second kappa shape index (κ2) is 13.0. The summed E-state index contributed by atoms with van der Waals surface area (Å²) in [6.07, 6.45) is 1.52. The molecule has 1 atom stereocenters. The fourth-order valence-corrected chi connectivity index (χ4v) is 6.37. The third-order valence-electron chi connectivity index (χ3n) is 4.99. The number of sulfone groups is 1. The monoisotopic (exact) mass is 794 g/mol. The summed E-state index contributed by atoms with van der Waals surface area (Å²) in [4.78, 5) is 26.0. The number of phenolic OH excluding ortho intramolecular Hbond substituents is 1. The van der Waals surface area contributed by atoms with Crippen LogP contribution < -0.4 is 10.6 Å². The first kappa shape index (κ1) is 28.6. The number of hydrogen-bond acceptors (Lipinski definition) is 5. The van der Waals surface area contributed by atoms with Crippen molar-refractivity contribution >= 4 is 82.8 Å². The molecular formula is C25H21BrI2N2O5S. The number of aromatic hydroxyl groups is 1. The third kappa shape index (κ3) is 8.02. The standard InChI is InChI=1S/C25H21BrI2N2O5S/c26-18-9-7-17(8-10-18)24(32)30-22(15-16-13-20(27)23(31)21(28)14-16)25(33)29-11-4-12-36(34,35)19-5-2-1-3-6-19/h1-10,12-14,22,31H,11,15H2,(H,29,33)(H,30,32)/b12-4+/t22-/m0/s1. The highest BCUT2D eigenvalue weighted by Gasteiger charge is 2.22. The molecule has 3 N–H and O–H groups in total. The van der Waals surface area contributed by atoms with Gasteiger partial charge in [-0.25, -0.2) is 8.42 Å². The van der Waals surface area contributed by atoms with Gasteiger partial charge in [0.05, 0.1) is 12.0 Å². The minimum atomic E-state index is -3.63. The fourth-order valence-electron chi connectivity index (χ4n) is 3.17. The Labute approximate surface area is 245 Å². The van der Waals surface area contributed by atoms with Crippen LogP contribution in [0, 0.1) is 7.14 Å². The van der Waals surface area contributed by atoms with Crippen LogP contribution in [0.3, 0.4) is 0 Å². The van der Waals surface area contributed by atoms with Crippen LogP contribution in [0.4, 0.5) is 0 Å². The Hall–Kier alpha value is -1.97. The molecule has 0 aliphatic rings. The van der Waals surface area contributed by atoms with Crippen molar-refractivity contribution in [3.63, 3.8) is 0 Å². The van der Waals surface area contributed by atoms with Crippen molar-refractivity contribution in [1.29, 1.82) is 0 Å². The summed E-state index contributed by atoms with van der Waals surface area (Å²) in [5.74, 6) is -0.738. The largest absolute Gasteiger partial charge is 0.506 e. The summed E-state index contributed by atoms with van der Waals surface area (Å²) >= 11 is 7.34. The highest BCUT2D eigenvalue weighted by atomic mass is 127. The van der Waals surface area contributed by atoms with E-state index in [0.717, 1.165) is 15.4 Å². The molecule has 2 amide bonds. The first-order valence-corrected chi connectivity index (χ1v) is 15.0. The van der Waals surface area contributed by atoms with Crippen LogP contribution in [0.5, 0.6) is 5.75 Å². The Bertz CT molecular complexity index is 1360. The zero-order valence-electron chi connectivity index (χ0n) is 18.6. The first-order chi connectivity index (χ1) is 17.1. The SMILES string of the molecule is O=C(N[C@@H](Cc1cc(I)c(O)c(I)c1)C(=O)NC/C=C/S(=O)(=O)c1ccccc1)c1ccc(Br)cc1. The molecule has 0 spiro atoms. The number of carbonyl (C=O) groups excluding carboxylic acids is 2. The summed E-state index contributed by atoms with van der Waals surface area (Å²) in [6.45, 7) is -0.0415. The van der Waals surface area contributed by atoms with Crippen LogP contribution in [-0.4, -0.2) is 37.9 Å². The van der Waals surface area contributed by atoms with E-state index in [4.69, 9.17) is 0 Å². The van der Waals surface area contributed by atoms with Gasteiger partial charge in [-0.2, -0.15) is 0 Å². The average molecular weight is 795 g/mol. The number of hydrogen-bond donors (Lipinski definition) is 3. The Morgan fingerprint density at radius 1 is 1.00 bits per heavy atom. The molecule has 0 saturated heterocycles. The summed E-state index contributed by atoms with van der Waals surface area (Å²) < 4.78 is 26.8. The minimum Gasteiger partial charge on any atom is -0.506 e. The number of benzene rings is 3. The molecule has 0 heterocycles. The number of carbonyl (C=O) groups is 2. The number of rotatable bonds is 9. The molecule has 36 heavy (non-hydrogen) atoms. The highest BCUT2D eigenvalue weighted by molar-refractivity contribution is 14.1. The normalized spacial score (nSPS) is 12.3. The van der Waals surface area contributed by atoms with Crippen molar-refractivity contribution in [2.45, 2.75) is 17.4 Å². The van der Waals surface area contributed by atoms with E-state index in [9.17, 15) is 23.1 Å². The Kier molecular flexibility index (Phi) is 10.3. The number of amides is 2. The van der Waals surface area contributed by atoms with Gasteiger partial charge in [0.2, 0.25) is 5.91 Å². The second-order valence-corrected chi connectivity index (χ2v) is 12.7. The third-order valence-corrected chi connectivity index (χ3v) is 8.64. The van der Waals surface area contributed by atoms with E-state index in [2.05, 4.69) is 26.6 Å². The molecular weight excluding hydrogens is 774 g/mol. The number of phenols is 1. The molecule has 0 fully saturated rings. The Morgan fingerprint density at radius 2 is 1.61 bits per heavy atom. The number of nitrogens with one attached hydrogen (secondary N) is 2. The molecule has 0 aromatic heterocycles. The smallest absolute Gasteiger partial charge is 0.251 e. The molecule has 0 aliphatic carbocycles. The molecule has 3 rings (SSSR count). The highest BCUT2D eigenvalue weighted by Crippen LogP contribution is 2.28. The van der Waals surface area contributed by atoms with Crippen molar-refractivity contribution in [3.8, 4) is 5.75 Å². The lowest BCUT2D eigenvalue weighted by molar-refractivity contribution is -0.122. The first-order valence-electron chi connectivity index (χ1n) is 10.5. The lowest BCUT2D eigenvalue weighted by atomic mass is 10.0.